The van der Waals surface area contributed by atoms with Crippen molar-refractivity contribution in [3.63, 3.8) is 0 Å². The Balaban J connectivity index is 2.50. The molecular formula is C10H18O3. The normalized spacial score (nSPS) is 37.0. The summed E-state index contributed by atoms with van der Waals surface area (Å²) in [6, 6.07) is 0. The molecule has 1 saturated carbocycles. The fourth-order valence-electron chi connectivity index (χ4n) is 1.99. The summed E-state index contributed by atoms with van der Waals surface area (Å²) >= 11 is 0. The maximum atomic E-state index is 10.7. The minimum Gasteiger partial charge on any atom is -0.481 e. The van der Waals surface area contributed by atoms with Gasteiger partial charge in [-0.2, -0.15) is 0 Å². The van der Waals surface area contributed by atoms with E-state index < -0.39 is 5.97 Å². The lowest BCUT2D eigenvalue weighted by atomic mass is 9.75. The summed E-state index contributed by atoms with van der Waals surface area (Å²) in [6.45, 7) is 3.75. The second kappa shape index (κ2) is 4.09. The Morgan fingerprint density at radius 1 is 1.46 bits per heavy atom. The highest BCUT2D eigenvalue weighted by Gasteiger charge is 2.32. The molecule has 0 radical (unpaired) electrons. The molecule has 1 fully saturated rings. The van der Waals surface area contributed by atoms with E-state index in [1.54, 1.807) is 6.92 Å². The van der Waals surface area contributed by atoms with Gasteiger partial charge in [0.1, 0.15) is 0 Å². The number of hydrogen-bond acceptors (Lipinski definition) is 2. The maximum Gasteiger partial charge on any atom is 0.306 e. The van der Waals surface area contributed by atoms with Crippen LogP contribution in [0.5, 0.6) is 0 Å². The van der Waals surface area contributed by atoms with Crippen LogP contribution in [0.15, 0.2) is 0 Å². The Bertz CT molecular complexity index is 191. The van der Waals surface area contributed by atoms with E-state index in [0.29, 0.717) is 12.3 Å². The van der Waals surface area contributed by atoms with Crippen LogP contribution >= 0.6 is 0 Å². The quantitative estimate of drug-likeness (QED) is 0.687. The molecule has 3 nitrogen and oxygen atoms in total. The average molecular weight is 186 g/mol. The van der Waals surface area contributed by atoms with Gasteiger partial charge in [-0.25, -0.2) is 0 Å². The molecule has 1 aliphatic rings. The van der Waals surface area contributed by atoms with Gasteiger partial charge in [0.2, 0.25) is 0 Å². The van der Waals surface area contributed by atoms with Gasteiger partial charge in [0.15, 0.2) is 0 Å². The van der Waals surface area contributed by atoms with Crippen molar-refractivity contribution in [2.75, 3.05) is 0 Å². The maximum absolute atomic E-state index is 10.7. The molecule has 76 valence electrons. The largest absolute Gasteiger partial charge is 0.481 e. The molecule has 0 saturated heterocycles. The van der Waals surface area contributed by atoms with E-state index >= 15 is 0 Å². The van der Waals surface area contributed by atoms with Crippen LogP contribution in [-0.2, 0) is 4.79 Å². The van der Waals surface area contributed by atoms with Crippen molar-refractivity contribution in [3.05, 3.63) is 0 Å². The summed E-state index contributed by atoms with van der Waals surface area (Å²) in [5.41, 5.74) is 0. The van der Waals surface area contributed by atoms with Gasteiger partial charge in [0, 0.05) is 0 Å². The molecular weight excluding hydrogens is 168 g/mol. The molecule has 0 spiro atoms. The Kier molecular flexibility index (Phi) is 3.31. The molecule has 0 aromatic heterocycles. The Morgan fingerprint density at radius 3 is 2.54 bits per heavy atom. The van der Waals surface area contributed by atoms with Gasteiger partial charge >= 0.3 is 5.97 Å². The second-order valence-electron chi connectivity index (χ2n) is 4.24. The predicted molar refractivity (Wildman–Crippen MR) is 49.3 cm³/mol. The Hall–Kier alpha value is -0.570. The van der Waals surface area contributed by atoms with E-state index in [4.69, 9.17) is 5.11 Å². The highest BCUT2D eigenvalue weighted by molar-refractivity contribution is 5.69. The fraction of sp³-hybridized carbons (Fsp3) is 0.900. The molecule has 0 aromatic carbocycles. The number of carbonyl (C=O) groups is 1. The van der Waals surface area contributed by atoms with E-state index in [-0.39, 0.29) is 17.9 Å². The number of aliphatic hydroxyl groups excluding tert-OH is 1. The molecule has 4 unspecified atom stereocenters. The van der Waals surface area contributed by atoms with Crippen LogP contribution in [0.25, 0.3) is 0 Å². The van der Waals surface area contributed by atoms with Gasteiger partial charge in [0.25, 0.3) is 0 Å². The standard InChI is InChI=1S/C10H18O3/c1-6-3-4-8(5-9(6)11)7(2)10(12)13/h6-9,11H,3-5H2,1-2H3,(H,12,13). The molecule has 0 aliphatic heterocycles. The second-order valence-corrected chi connectivity index (χ2v) is 4.24. The van der Waals surface area contributed by atoms with Crippen molar-refractivity contribution >= 4 is 5.97 Å². The van der Waals surface area contributed by atoms with Gasteiger partial charge in [-0.05, 0) is 31.1 Å². The van der Waals surface area contributed by atoms with Crippen molar-refractivity contribution in [2.24, 2.45) is 17.8 Å². The molecule has 0 bridgehead atoms. The highest BCUT2D eigenvalue weighted by Crippen LogP contribution is 2.33. The first-order valence-electron chi connectivity index (χ1n) is 4.93. The van der Waals surface area contributed by atoms with Crippen LogP contribution in [-0.4, -0.2) is 22.3 Å². The van der Waals surface area contributed by atoms with Crippen molar-refractivity contribution in [1.82, 2.24) is 0 Å². The third-order valence-corrected chi connectivity index (χ3v) is 3.29. The zero-order valence-electron chi connectivity index (χ0n) is 8.23. The molecule has 3 heteroatoms. The van der Waals surface area contributed by atoms with Gasteiger partial charge in [-0.3, -0.25) is 4.79 Å². The van der Waals surface area contributed by atoms with E-state index in [9.17, 15) is 9.90 Å². The average Bonchev–Trinajstić information content (AvgIpc) is 2.08. The van der Waals surface area contributed by atoms with Gasteiger partial charge in [0.05, 0.1) is 12.0 Å². The highest BCUT2D eigenvalue weighted by atomic mass is 16.4. The molecule has 4 atom stereocenters. The third kappa shape index (κ3) is 2.44. The number of aliphatic carboxylic acids is 1. The van der Waals surface area contributed by atoms with Crippen molar-refractivity contribution in [2.45, 2.75) is 39.2 Å². The van der Waals surface area contributed by atoms with Crippen LogP contribution in [0.1, 0.15) is 33.1 Å². The van der Waals surface area contributed by atoms with Crippen LogP contribution < -0.4 is 0 Å². The minimum absolute atomic E-state index is 0.156. The SMILES string of the molecule is CC1CCC(C(C)C(=O)O)CC1O. The predicted octanol–water partition coefficient (Wildman–Crippen LogP) is 1.50. The van der Waals surface area contributed by atoms with E-state index in [0.717, 1.165) is 12.8 Å². The van der Waals surface area contributed by atoms with Gasteiger partial charge in [-0.1, -0.05) is 13.8 Å². The van der Waals surface area contributed by atoms with Crippen molar-refractivity contribution in [3.8, 4) is 0 Å². The van der Waals surface area contributed by atoms with Gasteiger partial charge < -0.3 is 10.2 Å². The lowest BCUT2D eigenvalue weighted by Crippen LogP contribution is -2.32. The van der Waals surface area contributed by atoms with Crippen LogP contribution in [0.3, 0.4) is 0 Å². The Morgan fingerprint density at radius 2 is 2.08 bits per heavy atom. The van der Waals surface area contributed by atoms with Crippen LogP contribution in [0.4, 0.5) is 0 Å². The first-order chi connectivity index (χ1) is 6.02. The molecule has 13 heavy (non-hydrogen) atoms. The fourth-order valence-corrected chi connectivity index (χ4v) is 1.99. The molecule has 0 aromatic rings. The third-order valence-electron chi connectivity index (χ3n) is 3.29. The molecule has 0 amide bonds. The summed E-state index contributed by atoms with van der Waals surface area (Å²) < 4.78 is 0. The van der Waals surface area contributed by atoms with Crippen molar-refractivity contribution < 1.29 is 15.0 Å². The molecule has 1 aliphatic carbocycles. The first kappa shape index (κ1) is 10.5. The summed E-state index contributed by atoms with van der Waals surface area (Å²) in [7, 11) is 0. The van der Waals surface area contributed by atoms with Crippen LogP contribution in [0, 0.1) is 17.8 Å². The monoisotopic (exact) mass is 186 g/mol. The number of aliphatic hydroxyl groups is 1. The summed E-state index contributed by atoms with van der Waals surface area (Å²) in [4.78, 5) is 10.7. The number of hydrogen-bond donors (Lipinski definition) is 2. The Labute approximate surface area is 78.8 Å². The lowest BCUT2D eigenvalue weighted by molar-refractivity contribution is -0.144. The van der Waals surface area contributed by atoms with Gasteiger partial charge in [-0.15, -0.1) is 0 Å². The summed E-state index contributed by atoms with van der Waals surface area (Å²) in [5, 5.41) is 18.4. The topological polar surface area (TPSA) is 57.5 Å². The number of rotatable bonds is 2. The minimum atomic E-state index is -0.744. The number of carboxylic acids is 1. The molecule has 2 N–H and O–H groups in total. The summed E-state index contributed by atoms with van der Waals surface area (Å²) in [6.07, 6.45) is 2.23. The van der Waals surface area contributed by atoms with E-state index in [2.05, 4.69) is 0 Å². The smallest absolute Gasteiger partial charge is 0.306 e. The molecule has 0 heterocycles. The number of carboxylic acid groups (broad SMARTS) is 1. The van der Waals surface area contributed by atoms with Crippen molar-refractivity contribution in [1.29, 1.82) is 0 Å². The van der Waals surface area contributed by atoms with Crippen LogP contribution in [0.2, 0.25) is 0 Å². The summed E-state index contributed by atoms with van der Waals surface area (Å²) in [5.74, 6) is -0.574. The first-order valence-corrected chi connectivity index (χ1v) is 4.93. The van der Waals surface area contributed by atoms with E-state index in [1.807, 2.05) is 6.92 Å². The van der Waals surface area contributed by atoms with E-state index in [1.165, 1.54) is 0 Å². The zero-order chi connectivity index (χ0) is 10.0. The lowest BCUT2D eigenvalue weighted by Gasteiger charge is -2.32. The molecule has 1 rings (SSSR count). The zero-order valence-corrected chi connectivity index (χ0v) is 8.23.